The molecule has 0 spiro atoms. The average molecular weight is 639 g/mol. The summed E-state index contributed by atoms with van der Waals surface area (Å²) in [7, 11) is 0. The van der Waals surface area contributed by atoms with Gasteiger partial charge >= 0.3 is 17.6 Å². The van der Waals surface area contributed by atoms with Crippen molar-refractivity contribution in [1.29, 1.82) is 0 Å². The number of rotatable bonds is 12. The molecule has 0 saturated heterocycles. The minimum absolute atomic E-state index is 0.0151. The minimum atomic E-state index is -0.692. The smallest absolute Gasteiger partial charge is 0.344 e. The Balaban J connectivity index is 1.37. The lowest BCUT2D eigenvalue weighted by Gasteiger charge is -2.10. The first-order valence-electron chi connectivity index (χ1n) is 12.7. The molecule has 0 aliphatic rings. The van der Waals surface area contributed by atoms with E-state index in [0.29, 0.717) is 16.0 Å². The number of esters is 1. The SMILES string of the molecule is CCOC(=O)COc1c(/C=N/NC(=O)c2ccc(COc3ccc(-n4c(C)ccc4C)cc3)o2)cc(Br)cc1[N+](=O)[O-]. The van der Waals surface area contributed by atoms with Crippen molar-refractivity contribution in [2.45, 2.75) is 27.4 Å². The molecule has 0 aliphatic heterocycles. The number of benzene rings is 2. The highest BCUT2D eigenvalue weighted by Gasteiger charge is 2.22. The largest absolute Gasteiger partial charge is 0.486 e. The van der Waals surface area contributed by atoms with E-state index in [-0.39, 0.29) is 30.3 Å². The predicted molar refractivity (Wildman–Crippen MR) is 156 cm³/mol. The molecule has 0 radical (unpaired) electrons. The zero-order chi connectivity index (χ0) is 30.2. The molecule has 13 heteroatoms. The molecule has 2 aromatic heterocycles. The average Bonchev–Trinajstić information content (AvgIpc) is 3.57. The Hall–Kier alpha value is -4.91. The Labute approximate surface area is 249 Å². The highest BCUT2D eigenvalue weighted by atomic mass is 79.9. The van der Waals surface area contributed by atoms with Gasteiger partial charge < -0.3 is 23.2 Å². The Morgan fingerprint density at radius 1 is 1.07 bits per heavy atom. The lowest BCUT2D eigenvalue weighted by molar-refractivity contribution is -0.385. The summed E-state index contributed by atoms with van der Waals surface area (Å²) in [4.78, 5) is 35.2. The number of aromatic nitrogens is 1. The van der Waals surface area contributed by atoms with E-state index < -0.39 is 29.1 Å². The number of furan rings is 1. The van der Waals surface area contributed by atoms with Crippen LogP contribution in [0.4, 0.5) is 5.69 Å². The standard InChI is InChI=1S/C29H27BrN4O8/c1-4-39-27(35)17-41-28-20(13-21(30)14-25(28)34(37)38)15-31-32-29(36)26-12-11-24(42-26)16-40-23-9-7-22(8-10-23)33-18(2)5-6-19(33)3/h5-15H,4,16-17H2,1-3H3,(H,32,36)/b31-15+. The maximum absolute atomic E-state index is 12.6. The maximum Gasteiger partial charge on any atom is 0.344 e. The minimum Gasteiger partial charge on any atom is -0.486 e. The van der Waals surface area contributed by atoms with Crippen LogP contribution in [0.3, 0.4) is 0 Å². The summed E-state index contributed by atoms with van der Waals surface area (Å²) in [5, 5.41) is 15.4. The summed E-state index contributed by atoms with van der Waals surface area (Å²) in [6, 6.07) is 17.5. The number of hydrogen-bond donors (Lipinski definition) is 1. The molecule has 2 heterocycles. The van der Waals surface area contributed by atoms with Crippen LogP contribution in [0.25, 0.3) is 5.69 Å². The van der Waals surface area contributed by atoms with E-state index in [2.05, 4.69) is 43.2 Å². The quantitative estimate of drug-likeness (QED) is 0.0907. The summed E-state index contributed by atoms with van der Waals surface area (Å²) >= 11 is 3.20. The summed E-state index contributed by atoms with van der Waals surface area (Å²) in [6.45, 7) is 5.40. The molecule has 12 nitrogen and oxygen atoms in total. The molecule has 0 saturated carbocycles. The van der Waals surface area contributed by atoms with Gasteiger partial charge in [-0.3, -0.25) is 14.9 Å². The second-order valence-electron chi connectivity index (χ2n) is 8.89. The fourth-order valence-electron chi connectivity index (χ4n) is 4.04. The molecule has 0 unspecified atom stereocenters. The van der Waals surface area contributed by atoms with E-state index in [9.17, 15) is 19.7 Å². The molecule has 0 atom stereocenters. The monoisotopic (exact) mass is 638 g/mol. The van der Waals surface area contributed by atoms with E-state index in [1.54, 1.807) is 13.0 Å². The van der Waals surface area contributed by atoms with Crippen molar-refractivity contribution in [2.75, 3.05) is 13.2 Å². The van der Waals surface area contributed by atoms with Crippen molar-refractivity contribution in [3.63, 3.8) is 0 Å². The van der Waals surface area contributed by atoms with Gasteiger partial charge in [-0.05, 0) is 75.4 Å². The lowest BCUT2D eigenvalue weighted by Crippen LogP contribution is -2.18. The lowest BCUT2D eigenvalue weighted by atomic mass is 10.2. The maximum atomic E-state index is 12.6. The van der Waals surface area contributed by atoms with Crippen molar-refractivity contribution in [3.8, 4) is 17.2 Å². The highest BCUT2D eigenvalue weighted by Crippen LogP contribution is 2.34. The molecule has 2 aromatic carbocycles. The van der Waals surface area contributed by atoms with E-state index in [4.69, 9.17) is 18.6 Å². The van der Waals surface area contributed by atoms with Gasteiger partial charge in [-0.1, -0.05) is 15.9 Å². The first-order chi connectivity index (χ1) is 20.2. The van der Waals surface area contributed by atoms with Gasteiger partial charge in [-0.15, -0.1) is 0 Å². The summed E-state index contributed by atoms with van der Waals surface area (Å²) in [5.41, 5.74) is 5.33. The van der Waals surface area contributed by atoms with E-state index in [1.807, 2.05) is 38.1 Å². The Morgan fingerprint density at radius 3 is 2.45 bits per heavy atom. The van der Waals surface area contributed by atoms with Crippen LogP contribution in [0.1, 0.15) is 40.2 Å². The second kappa shape index (κ2) is 13.6. The number of aryl methyl sites for hydroxylation is 2. The van der Waals surface area contributed by atoms with Crippen molar-refractivity contribution in [2.24, 2.45) is 5.10 Å². The predicted octanol–water partition coefficient (Wildman–Crippen LogP) is 5.64. The van der Waals surface area contributed by atoms with Crippen LogP contribution in [0.2, 0.25) is 0 Å². The van der Waals surface area contributed by atoms with Gasteiger partial charge in [0.2, 0.25) is 5.75 Å². The number of hydrogen-bond acceptors (Lipinski definition) is 9. The van der Waals surface area contributed by atoms with Crippen LogP contribution in [0, 0.1) is 24.0 Å². The molecule has 1 amide bonds. The Kier molecular flexibility index (Phi) is 9.76. The summed E-state index contributed by atoms with van der Waals surface area (Å²) in [5.74, 6) is -0.516. The topological polar surface area (TPSA) is 147 Å². The number of amides is 1. The second-order valence-corrected chi connectivity index (χ2v) is 9.81. The van der Waals surface area contributed by atoms with Gasteiger partial charge in [0, 0.05) is 33.2 Å². The van der Waals surface area contributed by atoms with E-state index >= 15 is 0 Å². The summed E-state index contributed by atoms with van der Waals surface area (Å²) < 4.78 is 24.1. The van der Waals surface area contributed by atoms with Crippen LogP contribution >= 0.6 is 15.9 Å². The van der Waals surface area contributed by atoms with Crippen LogP contribution < -0.4 is 14.9 Å². The zero-order valence-electron chi connectivity index (χ0n) is 23.0. The first-order valence-corrected chi connectivity index (χ1v) is 13.5. The number of hydrazone groups is 1. The van der Waals surface area contributed by atoms with Gasteiger partial charge in [-0.2, -0.15) is 5.10 Å². The molecule has 4 aromatic rings. The molecule has 218 valence electrons. The normalized spacial score (nSPS) is 11.0. The summed E-state index contributed by atoms with van der Waals surface area (Å²) in [6.07, 6.45) is 1.16. The van der Waals surface area contributed by atoms with Crippen molar-refractivity contribution in [1.82, 2.24) is 9.99 Å². The highest BCUT2D eigenvalue weighted by molar-refractivity contribution is 9.10. The third-order valence-corrected chi connectivity index (χ3v) is 6.36. The number of halogens is 1. The molecule has 0 bridgehead atoms. The van der Waals surface area contributed by atoms with E-state index in [1.165, 1.54) is 18.2 Å². The van der Waals surface area contributed by atoms with Gasteiger partial charge in [0.25, 0.3) is 0 Å². The number of nitrogens with one attached hydrogen (secondary N) is 1. The molecule has 4 rings (SSSR count). The molecule has 1 N–H and O–H groups in total. The number of nitro groups is 1. The van der Waals surface area contributed by atoms with Crippen LogP contribution in [-0.2, 0) is 16.1 Å². The fourth-order valence-corrected chi connectivity index (χ4v) is 4.50. The van der Waals surface area contributed by atoms with E-state index in [0.717, 1.165) is 23.3 Å². The molecule has 42 heavy (non-hydrogen) atoms. The molecular formula is C29H27BrN4O8. The Bertz CT molecular complexity index is 1610. The van der Waals surface area contributed by atoms with Gasteiger partial charge in [0.15, 0.2) is 12.4 Å². The number of carbonyl (C=O) groups is 2. The van der Waals surface area contributed by atoms with Crippen LogP contribution in [0.15, 0.2) is 74.7 Å². The first kappa shape index (κ1) is 30.1. The molecule has 0 aliphatic carbocycles. The third-order valence-electron chi connectivity index (χ3n) is 5.90. The number of nitro benzene ring substituents is 1. The van der Waals surface area contributed by atoms with Crippen molar-refractivity contribution in [3.05, 3.63) is 104 Å². The van der Waals surface area contributed by atoms with Gasteiger partial charge in [-0.25, -0.2) is 10.2 Å². The van der Waals surface area contributed by atoms with Crippen LogP contribution in [0.5, 0.6) is 11.5 Å². The number of carbonyl (C=O) groups excluding carboxylic acids is 2. The van der Waals surface area contributed by atoms with Crippen LogP contribution in [-0.4, -0.2) is 40.8 Å². The fraction of sp³-hybridized carbons (Fsp3) is 0.207. The van der Waals surface area contributed by atoms with Gasteiger partial charge in [0.1, 0.15) is 18.1 Å². The third kappa shape index (κ3) is 7.43. The number of ether oxygens (including phenoxy) is 3. The van der Waals surface area contributed by atoms with Crippen molar-refractivity contribution < 1.29 is 33.1 Å². The molecule has 0 fully saturated rings. The Morgan fingerprint density at radius 2 is 1.79 bits per heavy atom. The zero-order valence-corrected chi connectivity index (χ0v) is 24.5. The molecular weight excluding hydrogens is 612 g/mol. The van der Waals surface area contributed by atoms with Crippen molar-refractivity contribution >= 4 is 39.7 Å². The number of nitrogens with zero attached hydrogens (tertiary/aromatic N) is 3. The van der Waals surface area contributed by atoms with Gasteiger partial charge in [0.05, 0.1) is 17.7 Å².